The lowest BCUT2D eigenvalue weighted by Crippen LogP contribution is -2.47. The molecule has 1 aliphatic rings. The third kappa shape index (κ3) is 4.39. The Morgan fingerprint density at radius 3 is 2.32 bits per heavy atom. The van der Waals surface area contributed by atoms with Crippen LogP contribution in [0.5, 0.6) is 0 Å². The largest absolute Gasteiger partial charge is 0.335 e. The molecule has 6 heteroatoms. The second-order valence-electron chi connectivity index (χ2n) is 7.65. The number of amides is 2. The smallest absolute Gasteiger partial charge is 0.274 e. The monoisotopic (exact) mass is 380 g/mol. The fraction of sp³-hybridized carbons (Fsp3) is 0.409. The van der Waals surface area contributed by atoms with Crippen LogP contribution in [0.15, 0.2) is 36.4 Å². The fourth-order valence-electron chi connectivity index (χ4n) is 3.37. The van der Waals surface area contributed by atoms with Crippen molar-refractivity contribution in [2.75, 3.05) is 38.5 Å². The van der Waals surface area contributed by atoms with E-state index in [4.69, 9.17) is 0 Å². The Balaban J connectivity index is 1.79. The van der Waals surface area contributed by atoms with E-state index < -0.39 is 0 Å². The first kappa shape index (κ1) is 20.0. The topological polar surface area (TPSA) is 65.5 Å². The van der Waals surface area contributed by atoms with E-state index in [9.17, 15) is 9.59 Å². The summed E-state index contributed by atoms with van der Waals surface area (Å²) in [5, 5.41) is 2.99. The van der Waals surface area contributed by atoms with Crippen molar-refractivity contribution >= 4 is 17.5 Å². The van der Waals surface area contributed by atoms with Crippen molar-refractivity contribution in [1.29, 1.82) is 0 Å². The SMILES string of the molecule is Cc1cccc(C(C)C)c1NC(=O)c1cccc(C(=O)N2CCN(C)CC2)n1. The number of hydrogen-bond acceptors (Lipinski definition) is 4. The number of anilines is 1. The van der Waals surface area contributed by atoms with Crippen molar-refractivity contribution in [2.45, 2.75) is 26.7 Å². The Labute approximate surface area is 166 Å². The molecule has 0 bridgehead atoms. The van der Waals surface area contributed by atoms with Gasteiger partial charge in [0.15, 0.2) is 0 Å². The first-order valence-corrected chi connectivity index (χ1v) is 9.72. The molecule has 2 amide bonds. The molecule has 2 heterocycles. The first-order chi connectivity index (χ1) is 13.4. The molecule has 3 rings (SSSR count). The fourth-order valence-corrected chi connectivity index (χ4v) is 3.37. The zero-order valence-corrected chi connectivity index (χ0v) is 17.0. The van der Waals surface area contributed by atoms with Crippen molar-refractivity contribution in [2.24, 2.45) is 0 Å². The van der Waals surface area contributed by atoms with Gasteiger partial charge in [0.25, 0.3) is 11.8 Å². The third-order valence-corrected chi connectivity index (χ3v) is 5.16. The van der Waals surface area contributed by atoms with Crippen molar-refractivity contribution in [1.82, 2.24) is 14.8 Å². The van der Waals surface area contributed by atoms with Crippen molar-refractivity contribution in [3.05, 3.63) is 58.9 Å². The normalized spacial score (nSPS) is 15.0. The molecule has 1 aliphatic heterocycles. The van der Waals surface area contributed by atoms with Gasteiger partial charge in [0.1, 0.15) is 11.4 Å². The number of piperazine rings is 1. The van der Waals surface area contributed by atoms with Crippen LogP contribution in [0.25, 0.3) is 0 Å². The van der Waals surface area contributed by atoms with Gasteiger partial charge < -0.3 is 15.1 Å². The molecule has 1 N–H and O–H groups in total. The number of aromatic nitrogens is 1. The van der Waals surface area contributed by atoms with E-state index >= 15 is 0 Å². The van der Waals surface area contributed by atoms with E-state index in [-0.39, 0.29) is 23.4 Å². The van der Waals surface area contributed by atoms with Crippen LogP contribution in [0.2, 0.25) is 0 Å². The number of hydrogen-bond donors (Lipinski definition) is 1. The van der Waals surface area contributed by atoms with Gasteiger partial charge in [-0.25, -0.2) is 4.98 Å². The Kier molecular flexibility index (Phi) is 6.09. The summed E-state index contributed by atoms with van der Waals surface area (Å²) in [7, 11) is 2.04. The second-order valence-corrected chi connectivity index (χ2v) is 7.65. The highest BCUT2D eigenvalue weighted by Crippen LogP contribution is 2.27. The summed E-state index contributed by atoms with van der Waals surface area (Å²) < 4.78 is 0. The maximum atomic E-state index is 12.8. The lowest BCUT2D eigenvalue weighted by atomic mass is 9.98. The number of para-hydroxylation sites is 1. The molecule has 0 aliphatic carbocycles. The number of benzene rings is 1. The average molecular weight is 380 g/mol. The predicted molar refractivity (Wildman–Crippen MR) is 111 cm³/mol. The maximum absolute atomic E-state index is 12.8. The molecule has 2 aromatic rings. The molecule has 0 unspecified atom stereocenters. The van der Waals surface area contributed by atoms with Crippen molar-refractivity contribution in [3.63, 3.8) is 0 Å². The Morgan fingerprint density at radius 2 is 1.64 bits per heavy atom. The number of likely N-dealkylation sites (N-methyl/N-ethyl adjacent to an activating group) is 1. The van der Waals surface area contributed by atoms with Gasteiger partial charge in [0.2, 0.25) is 0 Å². The molecule has 1 fully saturated rings. The van der Waals surface area contributed by atoms with Crippen LogP contribution in [0.4, 0.5) is 5.69 Å². The molecule has 1 aromatic heterocycles. The van der Waals surface area contributed by atoms with Gasteiger partial charge in [-0.05, 0) is 43.1 Å². The standard InChI is InChI=1S/C22H28N4O2/c1-15(2)17-8-5-7-16(3)20(17)24-21(27)18-9-6-10-19(23-18)22(28)26-13-11-25(4)12-14-26/h5-10,15H,11-14H2,1-4H3,(H,24,27). The van der Waals surface area contributed by atoms with Crippen LogP contribution < -0.4 is 5.32 Å². The minimum atomic E-state index is -0.302. The zero-order chi connectivity index (χ0) is 20.3. The minimum absolute atomic E-state index is 0.124. The summed E-state index contributed by atoms with van der Waals surface area (Å²) in [6.07, 6.45) is 0. The predicted octanol–water partition coefficient (Wildman–Crippen LogP) is 3.15. The highest BCUT2D eigenvalue weighted by molar-refractivity contribution is 6.04. The van der Waals surface area contributed by atoms with E-state index in [0.717, 1.165) is 29.9 Å². The number of carbonyl (C=O) groups excluding carboxylic acids is 2. The average Bonchev–Trinajstić information content (AvgIpc) is 2.69. The Bertz CT molecular complexity index is 871. The zero-order valence-electron chi connectivity index (χ0n) is 17.0. The van der Waals surface area contributed by atoms with Crippen molar-refractivity contribution < 1.29 is 9.59 Å². The van der Waals surface area contributed by atoms with Gasteiger partial charge in [-0.15, -0.1) is 0 Å². The van der Waals surface area contributed by atoms with Crippen LogP contribution in [0.3, 0.4) is 0 Å². The third-order valence-electron chi connectivity index (χ3n) is 5.16. The maximum Gasteiger partial charge on any atom is 0.274 e. The number of aryl methyl sites for hydroxylation is 1. The molecule has 28 heavy (non-hydrogen) atoms. The molecular formula is C22H28N4O2. The van der Waals surface area contributed by atoms with Gasteiger partial charge in [0, 0.05) is 31.9 Å². The number of rotatable bonds is 4. The lowest BCUT2D eigenvalue weighted by molar-refractivity contribution is 0.0658. The Morgan fingerprint density at radius 1 is 1.00 bits per heavy atom. The van der Waals surface area contributed by atoms with Crippen LogP contribution in [-0.4, -0.2) is 59.8 Å². The lowest BCUT2D eigenvalue weighted by Gasteiger charge is -2.32. The number of nitrogens with zero attached hydrogens (tertiary/aromatic N) is 3. The van der Waals surface area contributed by atoms with Crippen LogP contribution in [0, 0.1) is 6.92 Å². The van der Waals surface area contributed by atoms with Gasteiger partial charge in [0.05, 0.1) is 0 Å². The molecular weight excluding hydrogens is 352 g/mol. The summed E-state index contributed by atoms with van der Waals surface area (Å²) in [6.45, 7) is 9.20. The summed E-state index contributed by atoms with van der Waals surface area (Å²) in [4.78, 5) is 33.9. The summed E-state index contributed by atoms with van der Waals surface area (Å²) in [6, 6.07) is 11.0. The summed E-state index contributed by atoms with van der Waals surface area (Å²) >= 11 is 0. The molecule has 0 spiro atoms. The van der Waals surface area contributed by atoms with Gasteiger partial charge in [-0.1, -0.05) is 38.1 Å². The van der Waals surface area contributed by atoms with Gasteiger partial charge >= 0.3 is 0 Å². The van der Waals surface area contributed by atoms with Crippen LogP contribution >= 0.6 is 0 Å². The van der Waals surface area contributed by atoms with E-state index in [1.165, 1.54) is 0 Å². The summed E-state index contributed by atoms with van der Waals surface area (Å²) in [5.41, 5.74) is 3.46. The van der Waals surface area contributed by atoms with E-state index in [1.807, 2.05) is 32.2 Å². The summed E-state index contributed by atoms with van der Waals surface area (Å²) in [5.74, 6) is -0.140. The Hall–Kier alpha value is -2.73. The molecule has 0 atom stereocenters. The molecule has 0 radical (unpaired) electrons. The number of pyridine rings is 1. The van der Waals surface area contributed by atoms with Crippen LogP contribution in [-0.2, 0) is 0 Å². The first-order valence-electron chi connectivity index (χ1n) is 9.72. The molecule has 1 aromatic carbocycles. The minimum Gasteiger partial charge on any atom is -0.335 e. The molecule has 6 nitrogen and oxygen atoms in total. The van der Waals surface area contributed by atoms with E-state index in [2.05, 4.69) is 29.0 Å². The number of carbonyl (C=O) groups is 2. The quantitative estimate of drug-likeness (QED) is 0.885. The molecule has 148 valence electrons. The number of nitrogens with one attached hydrogen (secondary N) is 1. The van der Waals surface area contributed by atoms with E-state index in [1.54, 1.807) is 23.1 Å². The molecule has 1 saturated heterocycles. The van der Waals surface area contributed by atoms with Gasteiger partial charge in [-0.3, -0.25) is 9.59 Å². The van der Waals surface area contributed by atoms with Gasteiger partial charge in [-0.2, -0.15) is 0 Å². The molecule has 0 saturated carbocycles. The van der Waals surface area contributed by atoms with E-state index in [0.29, 0.717) is 18.8 Å². The highest BCUT2D eigenvalue weighted by atomic mass is 16.2. The van der Waals surface area contributed by atoms with Crippen LogP contribution in [0.1, 0.15) is 51.9 Å². The second kappa shape index (κ2) is 8.52. The highest BCUT2D eigenvalue weighted by Gasteiger charge is 2.22. The van der Waals surface area contributed by atoms with Crippen molar-refractivity contribution in [3.8, 4) is 0 Å².